The highest BCUT2D eigenvalue weighted by atomic mass is 19.1. The summed E-state index contributed by atoms with van der Waals surface area (Å²) in [5, 5.41) is 0. The van der Waals surface area contributed by atoms with Crippen molar-refractivity contribution in [3.63, 3.8) is 0 Å². The van der Waals surface area contributed by atoms with E-state index in [2.05, 4.69) is 18.7 Å². The highest BCUT2D eigenvalue weighted by Crippen LogP contribution is 2.24. The molecule has 0 bridgehead atoms. The minimum atomic E-state index is -0.193. The molecule has 2 atom stereocenters. The lowest BCUT2D eigenvalue weighted by Gasteiger charge is -2.35. The second-order valence-electron chi connectivity index (χ2n) is 5.61. The lowest BCUT2D eigenvalue weighted by atomic mass is 9.88. The Morgan fingerprint density at radius 3 is 2.78 bits per heavy atom. The zero-order chi connectivity index (χ0) is 13.1. The van der Waals surface area contributed by atoms with Crippen LogP contribution >= 0.6 is 0 Å². The van der Waals surface area contributed by atoms with Crippen molar-refractivity contribution in [1.82, 2.24) is 4.90 Å². The summed E-state index contributed by atoms with van der Waals surface area (Å²) >= 11 is 0. The van der Waals surface area contributed by atoms with Crippen molar-refractivity contribution in [3.8, 4) is 0 Å². The largest absolute Gasteiger partial charge is 0.326 e. The maximum Gasteiger partial charge on any atom is 0.127 e. The molecular formula is C15H23FN2. The van der Waals surface area contributed by atoms with Crippen LogP contribution in [-0.2, 0) is 13.1 Å². The Hall–Kier alpha value is -0.930. The Morgan fingerprint density at radius 1 is 1.33 bits per heavy atom. The summed E-state index contributed by atoms with van der Waals surface area (Å²) in [5.41, 5.74) is 7.32. The second-order valence-corrected chi connectivity index (χ2v) is 5.61. The third-order valence-corrected chi connectivity index (χ3v) is 4.15. The molecule has 1 aliphatic heterocycles. The number of likely N-dealkylation sites (tertiary alicyclic amines) is 1. The fourth-order valence-electron chi connectivity index (χ4n) is 2.63. The number of nitrogens with two attached hydrogens (primary N) is 1. The Morgan fingerprint density at radius 2 is 2.11 bits per heavy atom. The van der Waals surface area contributed by atoms with Crippen molar-refractivity contribution in [2.24, 2.45) is 17.6 Å². The molecule has 1 aromatic carbocycles. The van der Waals surface area contributed by atoms with E-state index >= 15 is 0 Å². The predicted octanol–water partition coefficient (Wildman–Crippen LogP) is 2.76. The second kappa shape index (κ2) is 5.81. The van der Waals surface area contributed by atoms with Crippen molar-refractivity contribution in [1.29, 1.82) is 0 Å². The third-order valence-electron chi connectivity index (χ3n) is 4.15. The molecule has 2 rings (SSSR count). The van der Waals surface area contributed by atoms with Crippen LogP contribution in [0.15, 0.2) is 18.2 Å². The number of nitrogens with zero attached hydrogens (tertiary/aromatic N) is 1. The molecule has 0 radical (unpaired) electrons. The van der Waals surface area contributed by atoms with Gasteiger partial charge in [-0.2, -0.15) is 0 Å². The van der Waals surface area contributed by atoms with Gasteiger partial charge in [-0.15, -0.1) is 0 Å². The number of hydrogen-bond donors (Lipinski definition) is 1. The summed E-state index contributed by atoms with van der Waals surface area (Å²) in [7, 11) is 0. The first-order valence-electron chi connectivity index (χ1n) is 6.80. The van der Waals surface area contributed by atoms with Crippen LogP contribution in [0.25, 0.3) is 0 Å². The van der Waals surface area contributed by atoms with Gasteiger partial charge in [0.25, 0.3) is 0 Å². The first kappa shape index (κ1) is 13.5. The van der Waals surface area contributed by atoms with E-state index < -0.39 is 0 Å². The Kier molecular flexibility index (Phi) is 4.36. The first-order valence-corrected chi connectivity index (χ1v) is 6.80. The van der Waals surface area contributed by atoms with Gasteiger partial charge in [-0.1, -0.05) is 26.0 Å². The van der Waals surface area contributed by atoms with Gasteiger partial charge in [0.15, 0.2) is 0 Å². The average Bonchev–Trinajstić information content (AvgIpc) is 2.36. The van der Waals surface area contributed by atoms with Crippen LogP contribution in [0.3, 0.4) is 0 Å². The van der Waals surface area contributed by atoms with E-state index in [0.717, 1.165) is 31.5 Å². The maximum absolute atomic E-state index is 13.4. The molecule has 0 amide bonds. The number of halogens is 1. The Balaban J connectivity index is 2.01. The molecular weight excluding hydrogens is 227 g/mol. The topological polar surface area (TPSA) is 29.3 Å². The normalized spacial score (nSPS) is 25.3. The lowest BCUT2D eigenvalue weighted by Crippen LogP contribution is -2.37. The number of piperidine rings is 1. The predicted molar refractivity (Wildman–Crippen MR) is 72.5 cm³/mol. The van der Waals surface area contributed by atoms with Crippen LogP contribution in [0.2, 0.25) is 0 Å². The number of hydrogen-bond acceptors (Lipinski definition) is 2. The lowest BCUT2D eigenvalue weighted by molar-refractivity contribution is 0.132. The molecule has 18 heavy (non-hydrogen) atoms. The van der Waals surface area contributed by atoms with E-state index in [0.29, 0.717) is 5.56 Å². The fraction of sp³-hybridized carbons (Fsp3) is 0.600. The summed E-state index contributed by atoms with van der Waals surface area (Å²) in [4.78, 5) is 2.46. The monoisotopic (exact) mass is 250 g/mol. The SMILES string of the molecule is CC1CCN(Cc2ccc(F)c(CN)c2)CC1C. The summed E-state index contributed by atoms with van der Waals surface area (Å²) in [6.07, 6.45) is 1.26. The van der Waals surface area contributed by atoms with Crippen molar-refractivity contribution < 1.29 is 4.39 Å². The van der Waals surface area contributed by atoms with E-state index in [1.54, 1.807) is 0 Å². The van der Waals surface area contributed by atoms with Crippen LogP contribution in [0, 0.1) is 17.7 Å². The van der Waals surface area contributed by atoms with Gasteiger partial charge in [-0.05, 0) is 36.4 Å². The maximum atomic E-state index is 13.4. The van der Waals surface area contributed by atoms with Gasteiger partial charge in [-0.25, -0.2) is 4.39 Å². The molecule has 0 spiro atoms. The first-order chi connectivity index (χ1) is 8.60. The van der Waals surface area contributed by atoms with E-state index in [9.17, 15) is 4.39 Å². The van der Waals surface area contributed by atoms with E-state index in [4.69, 9.17) is 5.73 Å². The molecule has 0 aromatic heterocycles. The molecule has 100 valence electrons. The Bertz CT molecular complexity index is 405. The van der Waals surface area contributed by atoms with Crippen molar-refractivity contribution in [2.75, 3.05) is 13.1 Å². The van der Waals surface area contributed by atoms with Crippen molar-refractivity contribution in [3.05, 3.63) is 35.1 Å². The van der Waals surface area contributed by atoms with Gasteiger partial charge in [0, 0.05) is 25.2 Å². The molecule has 1 aliphatic rings. The zero-order valence-electron chi connectivity index (χ0n) is 11.3. The highest BCUT2D eigenvalue weighted by molar-refractivity contribution is 5.25. The van der Waals surface area contributed by atoms with Gasteiger partial charge in [0.1, 0.15) is 5.82 Å². The number of benzene rings is 1. The number of rotatable bonds is 3. The summed E-state index contributed by atoms with van der Waals surface area (Å²) in [6, 6.07) is 5.31. The third kappa shape index (κ3) is 3.09. The average molecular weight is 250 g/mol. The zero-order valence-corrected chi connectivity index (χ0v) is 11.3. The van der Waals surface area contributed by atoms with Gasteiger partial charge >= 0.3 is 0 Å². The van der Waals surface area contributed by atoms with Crippen molar-refractivity contribution in [2.45, 2.75) is 33.4 Å². The van der Waals surface area contributed by atoms with Gasteiger partial charge < -0.3 is 5.73 Å². The molecule has 1 saturated heterocycles. The van der Waals surface area contributed by atoms with E-state index in [1.165, 1.54) is 18.1 Å². The minimum Gasteiger partial charge on any atom is -0.326 e. The molecule has 2 N–H and O–H groups in total. The highest BCUT2D eigenvalue weighted by Gasteiger charge is 2.22. The minimum absolute atomic E-state index is 0.193. The van der Waals surface area contributed by atoms with Gasteiger partial charge in [0.2, 0.25) is 0 Å². The Labute approximate surface area is 109 Å². The molecule has 1 aromatic rings. The van der Waals surface area contributed by atoms with Crippen LogP contribution in [0.4, 0.5) is 4.39 Å². The smallest absolute Gasteiger partial charge is 0.127 e. The molecule has 0 aliphatic carbocycles. The fourth-order valence-corrected chi connectivity index (χ4v) is 2.63. The summed E-state index contributed by atoms with van der Waals surface area (Å²) < 4.78 is 13.4. The molecule has 1 heterocycles. The van der Waals surface area contributed by atoms with Gasteiger partial charge in [-0.3, -0.25) is 4.90 Å². The molecule has 1 fully saturated rings. The molecule has 2 unspecified atom stereocenters. The van der Waals surface area contributed by atoms with E-state index in [1.807, 2.05) is 12.1 Å². The van der Waals surface area contributed by atoms with E-state index in [-0.39, 0.29) is 12.4 Å². The molecule has 0 saturated carbocycles. The van der Waals surface area contributed by atoms with Crippen molar-refractivity contribution >= 4 is 0 Å². The standard InChI is InChI=1S/C15H23FN2/c1-11-5-6-18(9-12(11)2)10-13-3-4-15(16)14(7-13)8-17/h3-4,7,11-12H,5-6,8-10,17H2,1-2H3. The van der Waals surface area contributed by atoms with Gasteiger partial charge in [0.05, 0.1) is 0 Å². The quantitative estimate of drug-likeness (QED) is 0.893. The molecule has 3 heteroatoms. The molecule has 2 nitrogen and oxygen atoms in total. The summed E-state index contributed by atoms with van der Waals surface area (Å²) in [5.74, 6) is 1.36. The van der Waals surface area contributed by atoms with Crippen LogP contribution in [-0.4, -0.2) is 18.0 Å². The van der Waals surface area contributed by atoms with Crippen LogP contribution in [0.5, 0.6) is 0 Å². The van der Waals surface area contributed by atoms with Crippen LogP contribution < -0.4 is 5.73 Å². The summed E-state index contributed by atoms with van der Waals surface area (Å²) in [6.45, 7) is 8.09. The van der Waals surface area contributed by atoms with Crippen LogP contribution in [0.1, 0.15) is 31.4 Å².